The summed E-state index contributed by atoms with van der Waals surface area (Å²) in [7, 11) is 0. The lowest BCUT2D eigenvalue weighted by molar-refractivity contribution is 0.223. The molecule has 7 heteroatoms. The summed E-state index contributed by atoms with van der Waals surface area (Å²) in [5.74, 6) is -0.287. The number of piperidine rings is 1. The first-order chi connectivity index (χ1) is 13.7. The van der Waals surface area contributed by atoms with Gasteiger partial charge in [0.25, 0.3) is 5.56 Å². The third-order valence-corrected chi connectivity index (χ3v) is 5.97. The van der Waals surface area contributed by atoms with Crippen LogP contribution in [0.3, 0.4) is 0 Å². The Hall–Kier alpha value is -2.59. The SMILES string of the molecule is N#CCCN1CCC(Nc2c3c(nc4cc(O)c(=O)[nH]c24)CCCCC3)CC1. The van der Waals surface area contributed by atoms with Crippen LogP contribution in [0.2, 0.25) is 0 Å². The van der Waals surface area contributed by atoms with Gasteiger partial charge in [-0.1, -0.05) is 6.42 Å². The van der Waals surface area contributed by atoms with Crippen LogP contribution < -0.4 is 10.9 Å². The van der Waals surface area contributed by atoms with Gasteiger partial charge < -0.3 is 20.3 Å². The van der Waals surface area contributed by atoms with E-state index in [0.29, 0.717) is 23.5 Å². The standard InChI is InChI=1S/C21H27N5O2/c22-9-4-10-26-11-7-14(8-12-26)23-19-15-5-2-1-3-6-16(15)24-17-13-18(27)21(28)25-20(17)19/h13-14,27H,1-8,10-12H2,(H,23,24)(H,25,28). The average molecular weight is 381 g/mol. The molecule has 7 nitrogen and oxygen atoms in total. The Kier molecular flexibility index (Phi) is 5.49. The molecule has 0 aromatic carbocycles. The molecule has 0 atom stereocenters. The van der Waals surface area contributed by atoms with Crippen LogP contribution >= 0.6 is 0 Å². The lowest BCUT2D eigenvalue weighted by Gasteiger charge is -2.33. The van der Waals surface area contributed by atoms with Crippen molar-refractivity contribution in [1.82, 2.24) is 14.9 Å². The van der Waals surface area contributed by atoms with Crippen molar-refractivity contribution in [1.29, 1.82) is 5.26 Å². The van der Waals surface area contributed by atoms with Crippen LogP contribution in [0.4, 0.5) is 5.69 Å². The first kappa shape index (κ1) is 18.8. The number of aromatic hydroxyl groups is 1. The molecular weight excluding hydrogens is 354 g/mol. The smallest absolute Gasteiger partial charge is 0.290 e. The van der Waals surface area contributed by atoms with Gasteiger partial charge in [-0.2, -0.15) is 5.26 Å². The number of likely N-dealkylation sites (tertiary alicyclic amines) is 1. The molecule has 3 heterocycles. The highest BCUT2D eigenvalue weighted by Crippen LogP contribution is 2.33. The number of nitrogens with one attached hydrogen (secondary N) is 2. The molecule has 148 valence electrons. The molecule has 2 aliphatic rings. The summed E-state index contributed by atoms with van der Waals surface area (Å²) in [6, 6.07) is 4.03. The molecule has 1 aliphatic carbocycles. The number of hydrogen-bond donors (Lipinski definition) is 3. The summed E-state index contributed by atoms with van der Waals surface area (Å²) in [5.41, 5.74) is 4.18. The van der Waals surface area contributed by atoms with Crippen molar-refractivity contribution in [2.45, 2.75) is 57.4 Å². The normalized spacial score (nSPS) is 18.4. The highest BCUT2D eigenvalue weighted by Gasteiger charge is 2.23. The second-order valence-corrected chi connectivity index (χ2v) is 7.89. The number of aromatic nitrogens is 2. The number of aromatic amines is 1. The van der Waals surface area contributed by atoms with Gasteiger partial charge in [0.15, 0.2) is 5.75 Å². The fraction of sp³-hybridized carbons (Fsp3) is 0.571. The van der Waals surface area contributed by atoms with Crippen LogP contribution in [-0.4, -0.2) is 45.7 Å². The van der Waals surface area contributed by atoms with E-state index >= 15 is 0 Å². The Morgan fingerprint density at radius 1 is 1.29 bits per heavy atom. The molecule has 0 saturated carbocycles. The quantitative estimate of drug-likeness (QED) is 0.703. The molecule has 2 aromatic rings. The van der Waals surface area contributed by atoms with Crippen molar-refractivity contribution in [3.8, 4) is 11.8 Å². The van der Waals surface area contributed by atoms with E-state index in [2.05, 4.69) is 21.3 Å². The maximum atomic E-state index is 12.1. The summed E-state index contributed by atoms with van der Waals surface area (Å²) >= 11 is 0. The predicted molar refractivity (Wildman–Crippen MR) is 109 cm³/mol. The van der Waals surface area contributed by atoms with Crippen LogP contribution in [0.25, 0.3) is 11.0 Å². The number of anilines is 1. The Labute approximate surface area is 164 Å². The molecule has 0 radical (unpaired) electrons. The molecule has 28 heavy (non-hydrogen) atoms. The van der Waals surface area contributed by atoms with Crippen LogP contribution in [0, 0.1) is 11.3 Å². The topological polar surface area (TPSA) is 105 Å². The van der Waals surface area contributed by atoms with E-state index < -0.39 is 5.56 Å². The van der Waals surface area contributed by atoms with Gasteiger partial charge in [0.2, 0.25) is 0 Å². The Balaban J connectivity index is 1.65. The van der Waals surface area contributed by atoms with Gasteiger partial charge in [-0.15, -0.1) is 0 Å². The summed E-state index contributed by atoms with van der Waals surface area (Å²) in [6.45, 7) is 2.78. The van der Waals surface area contributed by atoms with Crippen molar-refractivity contribution in [3.63, 3.8) is 0 Å². The van der Waals surface area contributed by atoms with E-state index in [9.17, 15) is 9.90 Å². The molecule has 0 amide bonds. The van der Waals surface area contributed by atoms with Crippen LogP contribution in [-0.2, 0) is 12.8 Å². The van der Waals surface area contributed by atoms with Crippen molar-refractivity contribution < 1.29 is 5.11 Å². The highest BCUT2D eigenvalue weighted by molar-refractivity contribution is 5.90. The fourth-order valence-corrected chi connectivity index (χ4v) is 4.42. The van der Waals surface area contributed by atoms with E-state index in [1.807, 2.05) is 0 Å². The molecule has 1 fully saturated rings. The van der Waals surface area contributed by atoms with Crippen molar-refractivity contribution in [2.75, 3.05) is 25.0 Å². The molecule has 3 N–H and O–H groups in total. The second kappa shape index (κ2) is 8.19. The molecule has 1 aliphatic heterocycles. The van der Waals surface area contributed by atoms with E-state index in [0.717, 1.165) is 69.5 Å². The minimum atomic E-state index is -0.475. The first-order valence-electron chi connectivity index (χ1n) is 10.3. The maximum Gasteiger partial charge on any atom is 0.290 e. The van der Waals surface area contributed by atoms with Crippen LogP contribution in [0.1, 0.15) is 49.8 Å². The summed E-state index contributed by atoms with van der Waals surface area (Å²) in [5, 5.41) is 22.4. The third kappa shape index (κ3) is 3.83. The van der Waals surface area contributed by atoms with E-state index in [1.165, 1.54) is 18.1 Å². The zero-order valence-electron chi connectivity index (χ0n) is 16.1. The number of aryl methyl sites for hydroxylation is 1. The summed E-state index contributed by atoms with van der Waals surface area (Å²) in [6.07, 6.45) is 7.92. The number of nitriles is 1. The van der Waals surface area contributed by atoms with E-state index in [1.54, 1.807) is 0 Å². The Morgan fingerprint density at radius 3 is 2.86 bits per heavy atom. The van der Waals surface area contributed by atoms with Crippen molar-refractivity contribution >= 4 is 16.7 Å². The Morgan fingerprint density at radius 2 is 2.07 bits per heavy atom. The predicted octanol–water partition coefficient (Wildman–Crippen LogP) is 2.69. The van der Waals surface area contributed by atoms with E-state index in [4.69, 9.17) is 10.2 Å². The van der Waals surface area contributed by atoms with Gasteiger partial charge in [0.05, 0.1) is 22.8 Å². The number of fused-ring (bicyclic) bond motifs is 2. The molecule has 0 spiro atoms. The summed E-state index contributed by atoms with van der Waals surface area (Å²) in [4.78, 5) is 22.0. The van der Waals surface area contributed by atoms with Gasteiger partial charge in [-0.3, -0.25) is 9.78 Å². The highest BCUT2D eigenvalue weighted by atomic mass is 16.3. The zero-order chi connectivity index (χ0) is 19.5. The average Bonchev–Trinajstić information content (AvgIpc) is 2.94. The number of hydrogen-bond acceptors (Lipinski definition) is 6. The number of pyridine rings is 2. The Bertz CT molecular complexity index is 954. The van der Waals surface area contributed by atoms with E-state index in [-0.39, 0.29) is 5.75 Å². The fourth-order valence-electron chi connectivity index (χ4n) is 4.42. The van der Waals surface area contributed by atoms with Crippen LogP contribution in [0.5, 0.6) is 5.75 Å². The van der Waals surface area contributed by atoms with Gasteiger partial charge in [0, 0.05) is 43.9 Å². The molecule has 2 aromatic heterocycles. The molecule has 4 rings (SSSR count). The zero-order valence-corrected chi connectivity index (χ0v) is 16.1. The minimum absolute atomic E-state index is 0.287. The molecule has 0 unspecified atom stereocenters. The monoisotopic (exact) mass is 381 g/mol. The third-order valence-electron chi connectivity index (χ3n) is 5.97. The van der Waals surface area contributed by atoms with Crippen molar-refractivity contribution in [3.05, 3.63) is 27.7 Å². The lowest BCUT2D eigenvalue weighted by Crippen LogP contribution is -2.39. The van der Waals surface area contributed by atoms with Gasteiger partial charge in [0.1, 0.15) is 0 Å². The maximum absolute atomic E-state index is 12.1. The van der Waals surface area contributed by atoms with Gasteiger partial charge in [-0.05, 0) is 44.1 Å². The lowest BCUT2D eigenvalue weighted by atomic mass is 10.0. The molecule has 1 saturated heterocycles. The largest absolute Gasteiger partial charge is 0.503 e. The molecular formula is C21H27N5O2. The molecule has 0 bridgehead atoms. The van der Waals surface area contributed by atoms with Gasteiger partial charge >= 0.3 is 0 Å². The van der Waals surface area contributed by atoms with Crippen LogP contribution in [0.15, 0.2) is 10.9 Å². The minimum Gasteiger partial charge on any atom is -0.503 e. The second-order valence-electron chi connectivity index (χ2n) is 7.89. The van der Waals surface area contributed by atoms with Crippen molar-refractivity contribution in [2.24, 2.45) is 0 Å². The number of H-pyrrole nitrogens is 1. The summed E-state index contributed by atoms with van der Waals surface area (Å²) < 4.78 is 0. The number of rotatable bonds is 4. The van der Waals surface area contributed by atoms with Gasteiger partial charge in [-0.25, -0.2) is 0 Å². The number of nitrogens with zero attached hydrogens (tertiary/aromatic N) is 3. The first-order valence-corrected chi connectivity index (χ1v) is 10.3.